The van der Waals surface area contributed by atoms with Crippen LogP contribution in [0.15, 0.2) is 18.2 Å². The van der Waals surface area contributed by atoms with Crippen LogP contribution >= 0.6 is 0 Å². The Kier molecular flexibility index (Phi) is 2.27. The summed E-state index contributed by atoms with van der Waals surface area (Å²) in [7, 11) is 0. The Labute approximate surface area is 74.2 Å². The molecule has 0 N–H and O–H groups in total. The molecule has 2 aromatic rings. The number of hydrogen-bond donors (Lipinski definition) is 0. The van der Waals surface area contributed by atoms with Crippen LogP contribution in [-0.2, 0) is 0 Å². The number of rotatable bonds is 0. The van der Waals surface area contributed by atoms with E-state index < -0.39 is 0 Å². The van der Waals surface area contributed by atoms with Gasteiger partial charge < -0.3 is 10.2 Å². The summed E-state index contributed by atoms with van der Waals surface area (Å²) in [5.41, 5.74) is 1.13. The summed E-state index contributed by atoms with van der Waals surface area (Å²) in [5.74, 6) is -0.310. The van der Waals surface area contributed by atoms with Crippen LogP contribution in [-0.4, -0.2) is 10.3 Å². The Balaban J connectivity index is 0.000000605. The summed E-state index contributed by atoms with van der Waals surface area (Å²) >= 11 is 0. The van der Waals surface area contributed by atoms with Crippen LogP contribution in [0.3, 0.4) is 0 Å². The van der Waals surface area contributed by atoms with E-state index in [-0.39, 0.29) is 24.7 Å². The normalized spacial score (nSPS) is 9.55. The molecule has 0 saturated carbocycles. The molecule has 0 bridgehead atoms. The van der Waals surface area contributed by atoms with Crippen LogP contribution in [0.25, 0.3) is 11.0 Å². The van der Waals surface area contributed by atoms with E-state index in [2.05, 4.69) is 15.4 Å². The van der Waals surface area contributed by atoms with Gasteiger partial charge in [-0.2, -0.15) is 0 Å². The van der Waals surface area contributed by atoms with Crippen LogP contribution in [0.5, 0.6) is 0 Å². The van der Waals surface area contributed by atoms with Crippen LogP contribution in [0, 0.1) is 5.82 Å². The van der Waals surface area contributed by atoms with Crippen molar-refractivity contribution in [2.45, 2.75) is 0 Å². The Morgan fingerprint density at radius 2 is 2.18 bits per heavy atom. The molecular weight excluding hydrogens is 140 g/mol. The van der Waals surface area contributed by atoms with Crippen molar-refractivity contribution in [3.63, 3.8) is 0 Å². The summed E-state index contributed by atoms with van der Waals surface area (Å²) in [6, 6.07) is 4.18. The fraction of sp³-hybridized carbons (Fsp3) is 0. The largest absolute Gasteiger partial charge is 1.00 e. The summed E-state index contributed by atoms with van der Waals surface area (Å²) in [4.78, 5) is 0. The van der Waals surface area contributed by atoms with Crippen LogP contribution in [0.2, 0.25) is 0 Å². The molecule has 0 spiro atoms. The Hall–Kier alpha value is -0.853. The molecule has 0 atom stereocenters. The molecule has 2 rings (SSSR count). The zero-order valence-corrected chi connectivity index (χ0v) is 5.95. The van der Waals surface area contributed by atoms with Crippen molar-refractivity contribution in [2.75, 3.05) is 0 Å². The van der Waals surface area contributed by atoms with E-state index in [4.69, 9.17) is 0 Å². The van der Waals surface area contributed by atoms with Crippen LogP contribution < -0.4 is 24.0 Å². The molecule has 50 valence electrons. The van der Waals surface area contributed by atoms with Crippen molar-refractivity contribution in [1.82, 2.24) is 15.4 Å². The van der Waals surface area contributed by atoms with E-state index in [9.17, 15) is 4.39 Å². The average molecular weight is 143 g/mol. The van der Waals surface area contributed by atoms with Gasteiger partial charge in [-0.1, -0.05) is 6.07 Å². The van der Waals surface area contributed by atoms with Gasteiger partial charge in [-0.05, 0) is 23.2 Å². The number of nitrogens with zero attached hydrogens (tertiary/aromatic N) is 3. The minimum atomic E-state index is -0.310. The number of fused-ring (bicyclic) bond motifs is 1. The van der Waals surface area contributed by atoms with E-state index >= 15 is 0 Å². The third kappa shape index (κ3) is 1.42. The number of benzene rings is 1. The summed E-state index contributed by atoms with van der Waals surface area (Å²) < 4.78 is 12.4. The molecule has 3 nitrogen and oxygen atoms in total. The van der Waals surface area contributed by atoms with Crippen LogP contribution in [0.4, 0.5) is 4.39 Å². The van der Waals surface area contributed by atoms with Crippen molar-refractivity contribution in [3.05, 3.63) is 24.0 Å². The summed E-state index contributed by atoms with van der Waals surface area (Å²) in [5, 5.41) is 10.6. The molecule has 0 amide bonds. The van der Waals surface area contributed by atoms with Gasteiger partial charge in [0.2, 0.25) is 0 Å². The first-order chi connectivity index (χ1) is 4.86. The molecular formula is C6H3FLiN3. The molecule has 0 unspecified atom stereocenters. The van der Waals surface area contributed by atoms with Crippen molar-refractivity contribution < 1.29 is 23.3 Å². The van der Waals surface area contributed by atoms with Crippen molar-refractivity contribution in [2.24, 2.45) is 0 Å². The van der Waals surface area contributed by atoms with E-state index in [1.807, 2.05) is 0 Å². The first-order valence-electron chi connectivity index (χ1n) is 2.77. The first-order valence-corrected chi connectivity index (χ1v) is 2.77. The van der Waals surface area contributed by atoms with Gasteiger partial charge >= 0.3 is 18.9 Å². The van der Waals surface area contributed by atoms with Gasteiger partial charge in [0.15, 0.2) is 0 Å². The van der Waals surface area contributed by atoms with Gasteiger partial charge in [0.05, 0.1) is 0 Å². The minimum Gasteiger partial charge on any atom is -0.350 e. The second-order valence-corrected chi connectivity index (χ2v) is 1.92. The van der Waals surface area contributed by atoms with Gasteiger partial charge in [0.25, 0.3) is 0 Å². The maximum Gasteiger partial charge on any atom is 1.00 e. The summed E-state index contributed by atoms with van der Waals surface area (Å²) in [6.45, 7) is 0. The average Bonchev–Trinajstić information content (AvgIpc) is 2.33. The fourth-order valence-corrected chi connectivity index (χ4v) is 0.780. The second-order valence-electron chi connectivity index (χ2n) is 1.92. The molecule has 0 saturated heterocycles. The van der Waals surface area contributed by atoms with Crippen molar-refractivity contribution >= 4 is 11.0 Å². The predicted octanol–water partition coefficient (Wildman–Crippen LogP) is -2.27. The molecule has 5 heteroatoms. The fourth-order valence-electron chi connectivity index (χ4n) is 0.780. The van der Waals surface area contributed by atoms with E-state index in [1.165, 1.54) is 12.1 Å². The van der Waals surface area contributed by atoms with Gasteiger partial charge in [-0.3, -0.25) is 5.21 Å². The van der Waals surface area contributed by atoms with E-state index in [0.717, 1.165) is 0 Å². The SMILES string of the molecule is Fc1ccc2nn[n-]c2c1.[Li+]. The maximum atomic E-state index is 12.4. The molecule has 0 aliphatic rings. The third-order valence-corrected chi connectivity index (χ3v) is 1.24. The Bertz CT molecular complexity index is 359. The molecule has 0 fully saturated rings. The Morgan fingerprint density at radius 3 is 3.00 bits per heavy atom. The smallest absolute Gasteiger partial charge is 0.350 e. The van der Waals surface area contributed by atoms with E-state index in [0.29, 0.717) is 11.0 Å². The van der Waals surface area contributed by atoms with Crippen LogP contribution in [0.1, 0.15) is 0 Å². The quantitative estimate of drug-likeness (QED) is 0.390. The summed E-state index contributed by atoms with van der Waals surface area (Å²) in [6.07, 6.45) is 0. The zero-order chi connectivity index (χ0) is 6.97. The minimum absolute atomic E-state index is 0. The molecule has 1 aromatic carbocycles. The number of hydrogen-bond acceptors (Lipinski definition) is 2. The third-order valence-electron chi connectivity index (χ3n) is 1.24. The molecule has 1 aromatic heterocycles. The maximum absolute atomic E-state index is 12.4. The molecule has 0 aliphatic heterocycles. The van der Waals surface area contributed by atoms with Gasteiger partial charge in [-0.25, -0.2) is 4.39 Å². The topological polar surface area (TPSA) is 39.9 Å². The Morgan fingerprint density at radius 1 is 1.36 bits per heavy atom. The first kappa shape index (κ1) is 8.25. The number of halogens is 1. The van der Waals surface area contributed by atoms with Crippen molar-refractivity contribution in [1.29, 1.82) is 0 Å². The van der Waals surface area contributed by atoms with E-state index in [1.54, 1.807) is 6.07 Å². The number of aromatic nitrogens is 3. The molecule has 1 heterocycles. The van der Waals surface area contributed by atoms with Crippen molar-refractivity contribution in [3.8, 4) is 0 Å². The zero-order valence-electron chi connectivity index (χ0n) is 5.95. The second kappa shape index (κ2) is 3.03. The van der Waals surface area contributed by atoms with Gasteiger partial charge in [-0.15, -0.1) is 0 Å². The van der Waals surface area contributed by atoms with Gasteiger partial charge in [0.1, 0.15) is 5.82 Å². The monoisotopic (exact) mass is 143 g/mol. The molecule has 0 aliphatic carbocycles. The predicted molar refractivity (Wildman–Crippen MR) is 32.8 cm³/mol. The molecule has 11 heavy (non-hydrogen) atoms. The van der Waals surface area contributed by atoms with Gasteiger partial charge in [0, 0.05) is 0 Å². The standard InChI is InChI=1S/C6H3FN3.Li/c7-4-1-2-5-6(3-4)9-10-8-5;/h1-3H;/q-1;+1. The molecule has 0 radical (unpaired) electrons.